The van der Waals surface area contributed by atoms with Crippen molar-refractivity contribution in [3.63, 3.8) is 0 Å². The van der Waals surface area contributed by atoms with Gasteiger partial charge in [0.25, 0.3) is 0 Å². The number of hydrogen-bond donors (Lipinski definition) is 1. The maximum Gasteiger partial charge on any atom is 0.119 e. The van der Waals surface area contributed by atoms with Crippen LogP contribution in [0.3, 0.4) is 0 Å². The van der Waals surface area contributed by atoms with E-state index in [-0.39, 0.29) is 12.4 Å². The maximum atomic E-state index is 6.06. The molecule has 0 spiro atoms. The third-order valence-electron chi connectivity index (χ3n) is 3.98. The first-order valence-corrected chi connectivity index (χ1v) is 7.81. The Morgan fingerprint density at radius 1 is 0.957 bits per heavy atom. The highest BCUT2D eigenvalue weighted by molar-refractivity contribution is 5.85. The van der Waals surface area contributed by atoms with E-state index in [1.54, 1.807) is 7.11 Å². The van der Waals surface area contributed by atoms with Crippen LogP contribution in [0.15, 0.2) is 72.8 Å². The Morgan fingerprint density at radius 2 is 1.48 bits per heavy atom. The van der Waals surface area contributed by atoms with Crippen LogP contribution in [0.1, 0.15) is 24.5 Å². The molecule has 0 fully saturated rings. The maximum absolute atomic E-state index is 6.06. The first-order valence-electron chi connectivity index (χ1n) is 7.81. The fourth-order valence-electron chi connectivity index (χ4n) is 2.78. The lowest BCUT2D eigenvalue weighted by molar-refractivity contribution is 0.0149. The molecule has 0 bridgehead atoms. The predicted octanol–water partition coefficient (Wildman–Crippen LogP) is 4.55. The van der Waals surface area contributed by atoms with Crippen LogP contribution in [0.25, 0.3) is 0 Å². The van der Waals surface area contributed by atoms with E-state index >= 15 is 0 Å². The molecule has 0 atom stereocenters. The Hall–Kier alpha value is -1.61. The molecule has 3 heteroatoms. The minimum Gasteiger partial charge on any atom is -0.369 e. The average molecular weight is 332 g/mol. The topological polar surface area (TPSA) is 21.3 Å². The van der Waals surface area contributed by atoms with Crippen molar-refractivity contribution in [1.82, 2.24) is 5.32 Å². The number of halogens is 1. The average Bonchev–Trinajstić information content (AvgIpc) is 2.60. The molecule has 0 aliphatic rings. The molecular weight excluding hydrogens is 306 g/mol. The van der Waals surface area contributed by atoms with E-state index in [2.05, 4.69) is 66.0 Å². The van der Waals surface area contributed by atoms with Crippen LogP contribution < -0.4 is 5.32 Å². The summed E-state index contributed by atoms with van der Waals surface area (Å²) in [4.78, 5) is 0. The largest absolute Gasteiger partial charge is 0.369 e. The molecule has 0 aliphatic carbocycles. The van der Waals surface area contributed by atoms with Gasteiger partial charge in [-0.25, -0.2) is 0 Å². The van der Waals surface area contributed by atoms with E-state index in [0.717, 1.165) is 19.5 Å². The zero-order chi connectivity index (χ0) is 15.7. The van der Waals surface area contributed by atoms with Gasteiger partial charge in [0.1, 0.15) is 5.60 Å². The smallest absolute Gasteiger partial charge is 0.119 e. The summed E-state index contributed by atoms with van der Waals surface area (Å²) in [7, 11) is 1.80. The molecule has 0 aromatic heterocycles. The quantitative estimate of drug-likeness (QED) is 0.566. The van der Waals surface area contributed by atoms with Crippen molar-refractivity contribution in [2.75, 3.05) is 20.2 Å². The monoisotopic (exact) mass is 331 g/mol. The molecule has 0 heterocycles. The highest BCUT2D eigenvalue weighted by atomic mass is 35.5. The van der Waals surface area contributed by atoms with Crippen LogP contribution in [-0.4, -0.2) is 20.2 Å². The highest BCUT2D eigenvalue weighted by Crippen LogP contribution is 2.36. The molecule has 0 aliphatic heterocycles. The van der Waals surface area contributed by atoms with E-state index < -0.39 is 5.60 Å². The summed E-state index contributed by atoms with van der Waals surface area (Å²) in [5.41, 5.74) is 1.97. The van der Waals surface area contributed by atoms with Gasteiger partial charge in [-0.3, -0.25) is 0 Å². The van der Waals surface area contributed by atoms with Crippen molar-refractivity contribution in [2.24, 2.45) is 0 Å². The van der Waals surface area contributed by atoms with Gasteiger partial charge in [-0.05, 0) is 31.0 Å². The third-order valence-corrected chi connectivity index (χ3v) is 3.98. The van der Waals surface area contributed by atoms with Crippen molar-refractivity contribution >= 4 is 12.4 Å². The number of rotatable bonds is 8. The van der Waals surface area contributed by atoms with Gasteiger partial charge in [0.15, 0.2) is 0 Å². The first-order chi connectivity index (χ1) is 10.8. The van der Waals surface area contributed by atoms with Crippen LogP contribution in [0.5, 0.6) is 0 Å². The van der Waals surface area contributed by atoms with Crippen molar-refractivity contribution in [2.45, 2.75) is 18.9 Å². The minimum absolute atomic E-state index is 0. The highest BCUT2D eigenvalue weighted by Gasteiger charge is 2.33. The Kier molecular flexibility index (Phi) is 8.64. The van der Waals surface area contributed by atoms with Gasteiger partial charge in [-0.15, -0.1) is 12.4 Å². The molecule has 23 heavy (non-hydrogen) atoms. The predicted molar refractivity (Wildman–Crippen MR) is 100 cm³/mol. The van der Waals surface area contributed by atoms with E-state index in [4.69, 9.17) is 4.74 Å². The number of ether oxygens (including phenoxy) is 1. The fraction of sp³-hybridized carbons (Fsp3) is 0.300. The Balaban J connectivity index is 0.00000264. The summed E-state index contributed by atoms with van der Waals surface area (Å²) in [5.74, 6) is 0. The van der Waals surface area contributed by atoms with Crippen LogP contribution in [-0.2, 0) is 10.3 Å². The summed E-state index contributed by atoms with van der Waals surface area (Å²) in [6.07, 6.45) is 5.07. The summed E-state index contributed by atoms with van der Waals surface area (Å²) < 4.78 is 6.06. The minimum atomic E-state index is -0.411. The number of allylic oxidation sites excluding steroid dienone is 1. The van der Waals surface area contributed by atoms with E-state index in [0.29, 0.717) is 0 Å². The van der Waals surface area contributed by atoms with Gasteiger partial charge in [0.2, 0.25) is 0 Å². The lowest BCUT2D eigenvalue weighted by Crippen LogP contribution is -2.34. The van der Waals surface area contributed by atoms with Crippen molar-refractivity contribution in [3.8, 4) is 0 Å². The third kappa shape index (κ3) is 4.93. The molecule has 0 unspecified atom stereocenters. The molecule has 2 nitrogen and oxygen atoms in total. The molecule has 2 rings (SSSR count). The van der Waals surface area contributed by atoms with Gasteiger partial charge in [-0.1, -0.05) is 72.8 Å². The standard InChI is InChI=1S/C20H25NO.ClH/c1-3-4-16-21-17-15-20(22-2,18-11-7-5-8-12-18)19-13-9-6-10-14-19;/h3-14,21H,15-17H2,1-2H3;1H/b4-3+;. The zero-order valence-corrected chi connectivity index (χ0v) is 14.7. The van der Waals surface area contributed by atoms with Crippen LogP contribution >= 0.6 is 12.4 Å². The SMILES string of the molecule is C/C=C/CNCCC(OC)(c1ccccc1)c1ccccc1.Cl. The second-order valence-electron chi connectivity index (χ2n) is 5.29. The Labute approximate surface area is 146 Å². The summed E-state index contributed by atoms with van der Waals surface area (Å²) in [6, 6.07) is 20.9. The van der Waals surface area contributed by atoms with E-state index in [9.17, 15) is 0 Å². The molecule has 2 aromatic carbocycles. The molecule has 1 N–H and O–H groups in total. The number of hydrogen-bond acceptors (Lipinski definition) is 2. The number of benzene rings is 2. The van der Waals surface area contributed by atoms with Crippen molar-refractivity contribution in [1.29, 1.82) is 0 Å². The van der Waals surface area contributed by atoms with Crippen LogP contribution in [0.4, 0.5) is 0 Å². The zero-order valence-electron chi connectivity index (χ0n) is 13.9. The molecule has 0 radical (unpaired) electrons. The Morgan fingerprint density at radius 3 is 1.91 bits per heavy atom. The molecular formula is C20H26ClNO. The fourth-order valence-corrected chi connectivity index (χ4v) is 2.78. The van der Waals surface area contributed by atoms with E-state index in [1.165, 1.54) is 11.1 Å². The molecule has 2 aromatic rings. The van der Waals surface area contributed by atoms with Crippen molar-refractivity contribution in [3.05, 3.63) is 83.9 Å². The van der Waals surface area contributed by atoms with Gasteiger partial charge in [0, 0.05) is 13.7 Å². The van der Waals surface area contributed by atoms with Gasteiger partial charge in [-0.2, -0.15) is 0 Å². The lowest BCUT2D eigenvalue weighted by Gasteiger charge is -2.34. The number of nitrogens with one attached hydrogen (secondary N) is 1. The van der Waals surface area contributed by atoms with E-state index in [1.807, 2.05) is 19.1 Å². The van der Waals surface area contributed by atoms with Crippen molar-refractivity contribution < 1.29 is 4.74 Å². The second-order valence-corrected chi connectivity index (χ2v) is 5.29. The second kappa shape index (κ2) is 10.2. The molecule has 124 valence electrons. The lowest BCUT2D eigenvalue weighted by atomic mass is 9.83. The normalized spacial score (nSPS) is 11.4. The van der Waals surface area contributed by atoms with Gasteiger partial charge in [0.05, 0.1) is 0 Å². The molecule has 0 saturated carbocycles. The van der Waals surface area contributed by atoms with Gasteiger partial charge >= 0.3 is 0 Å². The van der Waals surface area contributed by atoms with Crippen LogP contribution in [0.2, 0.25) is 0 Å². The van der Waals surface area contributed by atoms with Gasteiger partial charge < -0.3 is 10.1 Å². The van der Waals surface area contributed by atoms with Crippen LogP contribution in [0, 0.1) is 0 Å². The first kappa shape index (κ1) is 19.4. The summed E-state index contributed by atoms with van der Waals surface area (Å²) >= 11 is 0. The summed E-state index contributed by atoms with van der Waals surface area (Å²) in [6.45, 7) is 3.82. The molecule has 0 amide bonds. The molecule has 0 saturated heterocycles. The summed E-state index contributed by atoms with van der Waals surface area (Å²) in [5, 5.41) is 3.45. The number of methoxy groups -OCH3 is 1. The Bertz CT molecular complexity index is 529.